The fourth-order valence-electron chi connectivity index (χ4n) is 2.74. The number of aromatic nitrogens is 2. The number of nitriles is 1. The Kier molecular flexibility index (Phi) is 6.20. The maximum absolute atomic E-state index is 10.8. The number of rotatable bonds is 7. The minimum Gasteiger partial charge on any atom is -0.490 e. The molecule has 148 valence electrons. The number of carbonyl (C=O) groups is 1. The molecule has 0 amide bonds. The second-order valence-corrected chi connectivity index (χ2v) is 7.07. The van der Waals surface area contributed by atoms with Gasteiger partial charge in [0.1, 0.15) is 11.9 Å². The molecule has 0 aliphatic carbocycles. The Morgan fingerprint density at radius 2 is 2.07 bits per heavy atom. The first-order chi connectivity index (χ1) is 13.9. The summed E-state index contributed by atoms with van der Waals surface area (Å²) in [6.45, 7) is 3.70. The van der Waals surface area contributed by atoms with Crippen molar-refractivity contribution in [3.63, 3.8) is 0 Å². The summed E-state index contributed by atoms with van der Waals surface area (Å²) in [5.74, 6) is 0.0697. The molecule has 0 aliphatic rings. The first-order valence-electron chi connectivity index (χ1n) is 8.80. The first kappa shape index (κ1) is 20.4. The van der Waals surface area contributed by atoms with E-state index < -0.39 is 12.6 Å². The summed E-state index contributed by atoms with van der Waals surface area (Å²) in [4.78, 5) is 18.5. The quantitative estimate of drug-likeness (QED) is 0.505. The largest absolute Gasteiger partial charge is 0.490 e. The summed E-state index contributed by atoms with van der Waals surface area (Å²) in [5, 5.41) is 18.5. The molecule has 0 unspecified atom stereocenters. The van der Waals surface area contributed by atoms with Crippen molar-refractivity contribution in [1.82, 2.24) is 9.97 Å². The van der Waals surface area contributed by atoms with Crippen molar-refractivity contribution >= 4 is 44.6 Å². The number of nitrogens with zero attached hydrogens (tertiary/aromatic N) is 2. The van der Waals surface area contributed by atoms with Gasteiger partial charge in [0.15, 0.2) is 18.1 Å². The standard InChI is InChI=1S/C21H18BrN3O4/c1-3-28-18-8-13(15(22)9-19(18)29-11-20(26)27)7-14(10-23)21-24-16-5-4-12(2)6-17(16)25-21/h4-9H,3,11H2,1-2H3,(H,24,25)(H,26,27)/b14-7-. The van der Waals surface area contributed by atoms with Gasteiger partial charge in [-0.1, -0.05) is 22.0 Å². The summed E-state index contributed by atoms with van der Waals surface area (Å²) in [7, 11) is 0. The lowest BCUT2D eigenvalue weighted by Crippen LogP contribution is -2.10. The van der Waals surface area contributed by atoms with Crippen LogP contribution in [-0.2, 0) is 4.79 Å². The smallest absolute Gasteiger partial charge is 0.341 e. The number of nitrogens with one attached hydrogen (secondary N) is 1. The minimum atomic E-state index is -1.08. The van der Waals surface area contributed by atoms with Crippen molar-refractivity contribution in [2.75, 3.05) is 13.2 Å². The van der Waals surface area contributed by atoms with Gasteiger partial charge in [0, 0.05) is 4.47 Å². The van der Waals surface area contributed by atoms with E-state index in [0.717, 1.165) is 16.6 Å². The maximum atomic E-state index is 10.8. The molecule has 2 N–H and O–H groups in total. The fraction of sp³-hybridized carbons (Fsp3) is 0.190. The highest BCUT2D eigenvalue weighted by molar-refractivity contribution is 9.10. The molecule has 0 saturated heterocycles. The highest BCUT2D eigenvalue weighted by atomic mass is 79.9. The molecule has 0 atom stereocenters. The van der Waals surface area contributed by atoms with Crippen LogP contribution in [0.25, 0.3) is 22.7 Å². The van der Waals surface area contributed by atoms with Crippen molar-refractivity contribution < 1.29 is 19.4 Å². The van der Waals surface area contributed by atoms with Crippen LogP contribution in [0.3, 0.4) is 0 Å². The third-order valence-electron chi connectivity index (χ3n) is 4.03. The van der Waals surface area contributed by atoms with E-state index in [0.29, 0.717) is 39.5 Å². The predicted octanol–water partition coefficient (Wildman–Crippen LogP) is 4.56. The molecule has 1 heterocycles. The van der Waals surface area contributed by atoms with Gasteiger partial charge in [-0.05, 0) is 55.3 Å². The number of aromatic amines is 1. The lowest BCUT2D eigenvalue weighted by atomic mass is 10.1. The average Bonchev–Trinajstić information content (AvgIpc) is 3.09. The summed E-state index contributed by atoms with van der Waals surface area (Å²) in [5.41, 5.74) is 3.74. The van der Waals surface area contributed by atoms with Crippen LogP contribution in [0.1, 0.15) is 23.9 Å². The number of halogens is 1. The van der Waals surface area contributed by atoms with E-state index in [9.17, 15) is 10.1 Å². The third kappa shape index (κ3) is 4.76. The molecule has 8 heteroatoms. The van der Waals surface area contributed by atoms with E-state index in [-0.39, 0.29) is 0 Å². The van der Waals surface area contributed by atoms with Crippen molar-refractivity contribution in [2.45, 2.75) is 13.8 Å². The molecule has 3 aromatic rings. The van der Waals surface area contributed by atoms with Crippen LogP contribution >= 0.6 is 15.9 Å². The molecule has 7 nitrogen and oxygen atoms in total. The van der Waals surface area contributed by atoms with Gasteiger partial charge in [-0.2, -0.15) is 5.26 Å². The molecule has 0 fully saturated rings. The van der Waals surface area contributed by atoms with E-state index in [1.165, 1.54) is 0 Å². The molecule has 0 bridgehead atoms. The molecule has 2 aromatic carbocycles. The zero-order valence-corrected chi connectivity index (χ0v) is 17.4. The summed E-state index contributed by atoms with van der Waals surface area (Å²) in [6, 6.07) is 11.3. The van der Waals surface area contributed by atoms with E-state index in [1.807, 2.05) is 32.0 Å². The second kappa shape index (κ2) is 8.80. The molecule has 0 aliphatic heterocycles. The lowest BCUT2D eigenvalue weighted by molar-refractivity contribution is -0.139. The van der Waals surface area contributed by atoms with Gasteiger partial charge in [-0.25, -0.2) is 9.78 Å². The Hall–Kier alpha value is -3.31. The van der Waals surface area contributed by atoms with Gasteiger partial charge in [-0.15, -0.1) is 0 Å². The molecule has 29 heavy (non-hydrogen) atoms. The number of hydrogen-bond donors (Lipinski definition) is 2. The Balaban J connectivity index is 2.02. The van der Waals surface area contributed by atoms with Gasteiger partial charge < -0.3 is 19.6 Å². The predicted molar refractivity (Wildman–Crippen MR) is 113 cm³/mol. The highest BCUT2D eigenvalue weighted by Crippen LogP contribution is 2.35. The SMILES string of the molecule is CCOc1cc(/C=C(/C#N)c2nc3ccc(C)cc3[nH]2)c(Br)cc1OCC(=O)O. The molecule has 0 saturated carbocycles. The highest BCUT2D eigenvalue weighted by Gasteiger charge is 2.14. The molecule has 1 aromatic heterocycles. The van der Waals surface area contributed by atoms with Crippen LogP contribution in [0.5, 0.6) is 11.5 Å². The van der Waals surface area contributed by atoms with E-state index in [2.05, 4.69) is 32.0 Å². The molecule has 0 spiro atoms. The molecule has 0 radical (unpaired) electrons. The van der Waals surface area contributed by atoms with Gasteiger partial charge in [0.25, 0.3) is 0 Å². The zero-order valence-electron chi connectivity index (χ0n) is 15.8. The van der Waals surface area contributed by atoms with Gasteiger partial charge in [0.05, 0.1) is 23.2 Å². The van der Waals surface area contributed by atoms with Crippen LogP contribution < -0.4 is 9.47 Å². The number of ether oxygens (including phenoxy) is 2. The van der Waals surface area contributed by atoms with Crippen molar-refractivity contribution in [2.24, 2.45) is 0 Å². The maximum Gasteiger partial charge on any atom is 0.341 e. The first-order valence-corrected chi connectivity index (χ1v) is 9.60. The second-order valence-electron chi connectivity index (χ2n) is 6.21. The van der Waals surface area contributed by atoms with Crippen LogP contribution in [0.15, 0.2) is 34.8 Å². The van der Waals surface area contributed by atoms with Crippen LogP contribution in [-0.4, -0.2) is 34.3 Å². The van der Waals surface area contributed by atoms with E-state index in [1.54, 1.807) is 18.2 Å². The van der Waals surface area contributed by atoms with Gasteiger partial charge in [-0.3, -0.25) is 0 Å². The fourth-order valence-corrected chi connectivity index (χ4v) is 3.18. The molecular weight excluding hydrogens is 438 g/mol. The average molecular weight is 456 g/mol. The number of imidazole rings is 1. The van der Waals surface area contributed by atoms with E-state index >= 15 is 0 Å². The number of carboxylic acid groups (broad SMARTS) is 1. The number of hydrogen-bond acceptors (Lipinski definition) is 5. The van der Waals surface area contributed by atoms with Gasteiger partial charge >= 0.3 is 5.97 Å². The lowest BCUT2D eigenvalue weighted by Gasteiger charge is -2.13. The normalized spacial score (nSPS) is 11.3. The van der Waals surface area contributed by atoms with Crippen LogP contribution in [0.4, 0.5) is 0 Å². The number of aryl methyl sites for hydroxylation is 1. The Labute approximate surface area is 175 Å². The summed E-state index contributed by atoms with van der Waals surface area (Å²) >= 11 is 3.45. The van der Waals surface area contributed by atoms with Crippen molar-refractivity contribution in [3.05, 3.63) is 51.8 Å². The third-order valence-corrected chi connectivity index (χ3v) is 4.71. The van der Waals surface area contributed by atoms with Crippen molar-refractivity contribution in [3.8, 4) is 17.6 Å². The zero-order chi connectivity index (χ0) is 21.0. The summed E-state index contributed by atoms with van der Waals surface area (Å²) in [6.07, 6.45) is 1.68. The Morgan fingerprint density at radius 3 is 2.76 bits per heavy atom. The number of benzene rings is 2. The minimum absolute atomic E-state index is 0.302. The van der Waals surface area contributed by atoms with Crippen molar-refractivity contribution in [1.29, 1.82) is 5.26 Å². The topological polar surface area (TPSA) is 108 Å². The van der Waals surface area contributed by atoms with Gasteiger partial charge in [0.2, 0.25) is 0 Å². The molecule has 3 rings (SSSR count). The molecular formula is C21H18BrN3O4. The summed E-state index contributed by atoms with van der Waals surface area (Å²) < 4.78 is 11.5. The van der Waals surface area contributed by atoms with Crippen LogP contribution in [0.2, 0.25) is 0 Å². The van der Waals surface area contributed by atoms with Crippen LogP contribution in [0, 0.1) is 18.3 Å². The monoisotopic (exact) mass is 455 g/mol. The number of fused-ring (bicyclic) bond motifs is 1. The Morgan fingerprint density at radius 1 is 1.31 bits per heavy atom. The number of H-pyrrole nitrogens is 1. The number of aliphatic carboxylic acids is 1. The van der Waals surface area contributed by atoms with E-state index in [4.69, 9.17) is 14.6 Å². The Bertz CT molecular complexity index is 1140. The number of carboxylic acids is 1. The number of allylic oxidation sites excluding steroid dienone is 1.